The predicted molar refractivity (Wildman–Crippen MR) is 70.0 cm³/mol. The molecule has 0 bridgehead atoms. The Kier molecular flexibility index (Phi) is 7.33. The summed E-state index contributed by atoms with van der Waals surface area (Å²) >= 11 is 1.57. The van der Waals surface area contributed by atoms with Crippen molar-refractivity contribution in [2.24, 2.45) is 0 Å². The lowest BCUT2D eigenvalue weighted by atomic mass is 10.1. The lowest BCUT2D eigenvalue weighted by Gasteiger charge is -2.04. The summed E-state index contributed by atoms with van der Waals surface area (Å²) in [7, 11) is 0. The summed E-state index contributed by atoms with van der Waals surface area (Å²) in [5, 5.41) is -0.234. The highest BCUT2D eigenvalue weighted by Gasteiger charge is 2.33. The summed E-state index contributed by atoms with van der Waals surface area (Å²) in [5.41, 5.74) is 0. The van der Waals surface area contributed by atoms with E-state index in [1.165, 1.54) is 38.5 Å². The number of ether oxygens (including phenoxy) is 1. The molecule has 0 radical (unpaired) electrons. The summed E-state index contributed by atoms with van der Waals surface area (Å²) < 4.78 is 4.50. The standard InChI is InChI=1S/C13H22O3S/c1-2-3-4-5-6-7-8-9-17-11-10-12(14)16-13(11)15/h11H,2-10H2,1H3. The lowest BCUT2D eigenvalue weighted by Crippen LogP contribution is -2.10. The molecule has 0 spiro atoms. The Bertz CT molecular complexity index is 253. The third-order valence-electron chi connectivity index (χ3n) is 2.90. The molecule has 1 atom stereocenters. The Morgan fingerprint density at radius 2 is 1.76 bits per heavy atom. The topological polar surface area (TPSA) is 43.4 Å². The highest BCUT2D eigenvalue weighted by atomic mass is 32.2. The van der Waals surface area contributed by atoms with Gasteiger partial charge in [-0.15, -0.1) is 11.8 Å². The van der Waals surface area contributed by atoms with Gasteiger partial charge in [0.25, 0.3) is 0 Å². The quantitative estimate of drug-likeness (QED) is 0.361. The Hall–Kier alpha value is -0.510. The Labute approximate surface area is 108 Å². The summed E-state index contributed by atoms with van der Waals surface area (Å²) in [6.45, 7) is 2.22. The molecule has 1 aliphatic rings. The van der Waals surface area contributed by atoms with Crippen LogP contribution in [0.5, 0.6) is 0 Å². The molecule has 0 amide bonds. The fourth-order valence-corrected chi connectivity index (χ4v) is 2.96. The zero-order chi connectivity index (χ0) is 12.5. The van der Waals surface area contributed by atoms with Gasteiger partial charge >= 0.3 is 11.9 Å². The molecule has 98 valence electrons. The first-order valence-electron chi connectivity index (χ1n) is 6.60. The van der Waals surface area contributed by atoms with Crippen LogP contribution in [0.2, 0.25) is 0 Å². The first-order chi connectivity index (χ1) is 8.24. The van der Waals surface area contributed by atoms with Crippen molar-refractivity contribution in [3.8, 4) is 0 Å². The number of carbonyl (C=O) groups is 2. The van der Waals surface area contributed by atoms with Crippen LogP contribution in [0.3, 0.4) is 0 Å². The molecular formula is C13H22O3S. The highest BCUT2D eigenvalue weighted by Crippen LogP contribution is 2.24. The number of esters is 2. The maximum Gasteiger partial charge on any atom is 0.327 e. The molecule has 1 saturated heterocycles. The number of cyclic esters (lactones) is 2. The van der Waals surface area contributed by atoms with Crippen molar-refractivity contribution in [3.63, 3.8) is 0 Å². The van der Waals surface area contributed by atoms with E-state index in [0.29, 0.717) is 0 Å². The summed E-state index contributed by atoms with van der Waals surface area (Å²) in [6.07, 6.45) is 9.20. The molecule has 0 N–H and O–H groups in total. The molecule has 3 nitrogen and oxygen atoms in total. The zero-order valence-electron chi connectivity index (χ0n) is 10.6. The fourth-order valence-electron chi connectivity index (χ4n) is 1.87. The Morgan fingerprint density at radius 3 is 2.35 bits per heavy atom. The van der Waals surface area contributed by atoms with Gasteiger partial charge in [-0.3, -0.25) is 9.59 Å². The molecule has 0 saturated carbocycles. The van der Waals surface area contributed by atoms with Crippen LogP contribution in [0.1, 0.15) is 58.3 Å². The SMILES string of the molecule is CCCCCCCCCSC1CC(=O)OC1=O. The molecule has 1 unspecified atom stereocenters. The van der Waals surface area contributed by atoms with Crippen molar-refractivity contribution in [2.75, 3.05) is 5.75 Å². The predicted octanol–water partition coefficient (Wildman–Crippen LogP) is 3.31. The lowest BCUT2D eigenvalue weighted by molar-refractivity contribution is -0.151. The van der Waals surface area contributed by atoms with E-state index in [2.05, 4.69) is 11.7 Å². The number of rotatable bonds is 9. The van der Waals surface area contributed by atoms with Crippen molar-refractivity contribution >= 4 is 23.7 Å². The third-order valence-corrected chi connectivity index (χ3v) is 4.18. The van der Waals surface area contributed by atoms with Crippen molar-refractivity contribution in [2.45, 2.75) is 63.5 Å². The second-order valence-corrected chi connectivity index (χ2v) is 5.79. The van der Waals surface area contributed by atoms with E-state index in [9.17, 15) is 9.59 Å². The van der Waals surface area contributed by atoms with Gasteiger partial charge in [-0.25, -0.2) is 0 Å². The van der Waals surface area contributed by atoms with Crippen LogP contribution in [0.25, 0.3) is 0 Å². The number of unbranched alkanes of at least 4 members (excludes halogenated alkanes) is 6. The molecule has 0 aromatic rings. The molecule has 0 aromatic carbocycles. The first kappa shape index (κ1) is 14.6. The van der Waals surface area contributed by atoms with Crippen molar-refractivity contribution in [1.82, 2.24) is 0 Å². The molecule has 1 heterocycles. The minimum absolute atomic E-state index is 0.234. The summed E-state index contributed by atoms with van der Waals surface area (Å²) in [6, 6.07) is 0. The van der Waals surface area contributed by atoms with Crippen LogP contribution < -0.4 is 0 Å². The van der Waals surface area contributed by atoms with Gasteiger partial charge in [0.15, 0.2) is 0 Å². The van der Waals surface area contributed by atoms with Gasteiger partial charge in [-0.1, -0.05) is 45.4 Å². The van der Waals surface area contributed by atoms with Crippen molar-refractivity contribution in [3.05, 3.63) is 0 Å². The van der Waals surface area contributed by atoms with Gasteiger partial charge in [0.05, 0.1) is 6.42 Å². The molecular weight excluding hydrogens is 236 g/mol. The smallest absolute Gasteiger partial charge is 0.327 e. The number of hydrogen-bond acceptors (Lipinski definition) is 4. The molecule has 1 fully saturated rings. The fraction of sp³-hybridized carbons (Fsp3) is 0.846. The second-order valence-electron chi connectivity index (χ2n) is 4.48. The van der Waals surface area contributed by atoms with Crippen LogP contribution in [-0.2, 0) is 14.3 Å². The molecule has 4 heteroatoms. The molecule has 1 rings (SSSR count). The van der Waals surface area contributed by atoms with E-state index < -0.39 is 0 Å². The molecule has 1 aliphatic heterocycles. The second kappa shape index (κ2) is 8.56. The third kappa shape index (κ3) is 6.10. The number of hydrogen-bond donors (Lipinski definition) is 0. The van der Waals surface area contributed by atoms with Crippen LogP contribution in [0.4, 0.5) is 0 Å². The normalized spacial score (nSPS) is 19.7. The van der Waals surface area contributed by atoms with Crippen molar-refractivity contribution < 1.29 is 14.3 Å². The monoisotopic (exact) mass is 258 g/mol. The van der Waals surface area contributed by atoms with E-state index in [4.69, 9.17) is 0 Å². The Balaban J connectivity index is 1.91. The van der Waals surface area contributed by atoms with E-state index in [0.717, 1.165) is 12.2 Å². The average Bonchev–Trinajstić information content (AvgIpc) is 2.61. The number of carbonyl (C=O) groups excluding carboxylic acids is 2. The van der Waals surface area contributed by atoms with Gasteiger partial charge in [0, 0.05) is 0 Å². The van der Waals surface area contributed by atoms with Crippen LogP contribution in [0.15, 0.2) is 0 Å². The minimum atomic E-state index is -0.368. The van der Waals surface area contributed by atoms with Gasteiger partial charge < -0.3 is 4.74 Å². The van der Waals surface area contributed by atoms with E-state index in [-0.39, 0.29) is 23.6 Å². The van der Waals surface area contributed by atoms with Crippen LogP contribution in [-0.4, -0.2) is 22.9 Å². The first-order valence-corrected chi connectivity index (χ1v) is 7.65. The molecule has 0 aliphatic carbocycles. The van der Waals surface area contributed by atoms with E-state index >= 15 is 0 Å². The van der Waals surface area contributed by atoms with Crippen molar-refractivity contribution in [1.29, 1.82) is 0 Å². The maximum absolute atomic E-state index is 11.2. The van der Waals surface area contributed by atoms with Gasteiger partial charge in [-0.05, 0) is 12.2 Å². The largest absolute Gasteiger partial charge is 0.392 e. The van der Waals surface area contributed by atoms with E-state index in [1.807, 2.05) is 0 Å². The van der Waals surface area contributed by atoms with Crippen LogP contribution in [0, 0.1) is 0 Å². The van der Waals surface area contributed by atoms with Crippen LogP contribution >= 0.6 is 11.8 Å². The maximum atomic E-state index is 11.2. The van der Waals surface area contributed by atoms with Gasteiger partial charge in [0.2, 0.25) is 0 Å². The van der Waals surface area contributed by atoms with E-state index in [1.54, 1.807) is 11.8 Å². The summed E-state index contributed by atoms with van der Waals surface area (Å²) in [4.78, 5) is 22.0. The minimum Gasteiger partial charge on any atom is -0.392 e. The van der Waals surface area contributed by atoms with Gasteiger partial charge in [-0.2, -0.15) is 0 Å². The Morgan fingerprint density at radius 1 is 1.12 bits per heavy atom. The zero-order valence-corrected chi connectivity index (χ0v) is 11.4. The molecule has 17 heavy (non-hydrogen) atoms. The molecule has 0 aromatic heterocycles. The highest BCUT2D eigenvalue weighted by molar-refractivity contribution is 8.00. The number of thioether (sulfide) groups is 1. The van der Waals surface area contributed by atoms with Gasteiger partial charge in [0.1, 0.15) is 5.25 Å². The summed E-state index contributed by atoms with van der Waals surface area (Å²) in [5.74, 6) is 0.246. The average molecular weight is 258 g/mol.